The molecular weight excluding hydrogens is 338 g/mol. The van der Waals surface area contributed by atoms with E-state index in [2.05, 4.69) is 10.3 Å². The van der Waals surface area contributed by atoms with Crippen LogP contribution in [0, 0.1) is 0 Å². The van der Waals surface area contributed by atoms with Crippen molar-refractivity contribution in [2.24, 2.45) is 7.05 Å². The molecule has 1 atom stereocenters. The van der Waals surface area contributed by atoms with Crippen molar-refractivity contribution in [2.75, 3.05) is 6.54 Å². The second-order valence-corrected chi connectivity index (χ2v) is 7.17. The minimum atomic E-state index is 0.135. The predicted octanol–water partition coefficient (Wildman–Crippen LogP) is 3.37. The fourth-order valence-corrected chi connectivity index (χ4v) is 3.83. The van der Waals surface area contributed by atoms with Crippen LogP contribution in [-0.2, 0) is 13.6 Å². The van der Waals surface area contributed by atoms with E-state index in [-0.39, 0.29) is 11.9 Å². The highest BCUT2D eigenvalue weighted by Crippen LogP contribution is 2.23. The number of amides is 1. The Kier molecular flexibility index (Phi) is 5.05. The molecule has 3 heterocycles. The van der Waals surface area contributed by atoms with E-state index >= 15 is 0 Å². The molecule has 0 radical (unpaired) electrons. The van der Waals surface area contributed by atoms with Crippen molar-refractivity contribution in [3.63, 3.8) is 0 Å². The van der Waals surface area contributed by atoms with Gasteiger partial charge in [0.25, 0.3) is 5.91 Å². The third-order valence-electron chi connectivity index (χ3n) is 5.35. The van der Waals surface area contributed by atoms with Crippen LogP contribution < -0.4 is 0 Å². The van der Waals surface area contributed by atoms with E-state index < -0.39 is 0 Å². The Balaban J connectivity index is 1.43. The van der Waals surface area contributed by atoms with Crippen LogP contribution in [0.1, 0.15) is 36.2 Å². The second kappa shape index (κ2) is 7.78. The summed E-state index contributed by atoms with van der Waals surface area (Å²) in [5.74, 6) is 0.135. The van der Waals surface area contributed by atoms with Gasteiger partial charge in [0.15, 0.2) is 0 Å². The molecule has 0 N–H and O–H groups in total. The van der Waals surface area contributed by atoms with Gasteiger partial charge in [-0.05, 0) is 37.8 Å². The van der Waals surface area contributed by atoms with E-state index in [9.17, 15) is 4.79 Å². The number of hydrogen-bond donors (Lipinski definition) is 0. The van der Waals surface area contributed by atoms with Crippen molar-refractivity contribution in [1.82, 2.24) is 24.5 Å². The average molecular weight is 363 g/mol. The van der Waals surface area contributed by atoms with Crippen molar-refractivity contribution in [3.8, 4) is 11.3 Å². The lowest BCUT2D eigenvalue weighted by Gasteiger charge is -2.36. The van der Waals surface area contributed by atoms with E-state index in [0.717, 1.165) is 49.3 Å². The van der Waals surface area contributed by atoms with Crippen LogP contribution in [0.3, 0.4) is 0 Å². The molecule has 1 aliphatic heterocycles. The Labute approximate surface area is 159 Å². The number of aromatic nitrogens is 4. The maximum atomic E-state index is 13.0. The number of nitrogens with zero attached hydrogens (tertiary/aromatic N) is 5. The molecule has 0 saturated carbocycles. The molecule has 1 amide bonds. The van der Waals surface area contributed by atoms with Gasteiger partial charge in [0.05, 0.1) is 6.20 Å². The minimum Gasteiger partial charge on any atom is -0.347 e. The number of likely N-dealkylation sites (tertiary alicyclic amines) is 1. The fourth-order valence-electron chi connectivity index (χ4n) is 3.83. The lowest BCUT2D eigenvalue weighted by Crippen LogP contribution is -2.44. The monoisotopic (exact) mass is 363 g/mol. The number of benzene rings is 1. The Morgan fingerprint density at radius 2 is 2.00 bits per heavy atom. The zero-order valence-corrected chi connectivity index (χ0v) is 15.7. The Morgan fingerprint density at radius 3 is 2.78 bits per heavy atom. The van der Waals surface area contributed by atoms with Crippen molar-refractivity contribution < 1.29 is 4.79 Å². The lowest BCUT2D eigenvalue weighted by molar-refractivity contribution is 0.0584. The molecule has 1 aliphatic rings. The highest BCUT2D eigenvalue weighted by molar-refractivity contribution is 5.93. The van der Waals surface area contributed by atoms with Gasteiger partial charge < -0.3 is 9.47 Å². The molecule has 1 fully saturated rings. The first-order valence-electron chi connectivity index (χ1n) is 9.60. The first kappa shape index (κ1) is 17.5. The maximum Gasteiger partial charge on any atom is 0.270 e. The number of hydrogen-bond acceptors (Lipinski definition) is 3. The van der Waals surface area contributed by atoms with Crippen LogP contribution in [0.4, 0.5) is 0 Å². The van der Waals surface area contributed by atoms with Gasteiger partial charge in [0.1, 0.15) is 11.4 Å². The minimum absolute atomic E-state index is 0.135. The van der Waals surface area contributed by atoms with Gasteiger partial charge >= 0.3 is 0 Å². The van der Waals surface area contributed by atoms with Gasteiger partial charge in [-0.25, -0.2) is 0 Å². The number of carbonyl (C=O) groups excluding carboxylic acids is 1. The molecule has 4 rings (SSSR count). The molecule has 1 unspecified atom stereocenters. The van der Waals surface area contributed by atoms with E-state index in [0.29, 0.717) is 0 Å². The summed E-state index contributed by atoms with van der Waals surface area (Å²) in [6, 6.07) is 14.2. The van der Waals surface area contributed by atoms with Crippen LogP contribution in [-0.4, -0.2) is 43.0 Å². The van der Waals surface area contributed by atoms with E-state index in [1.54, 1.807) is 0 Å². The summed E-state index contributed by atoms with van der Waals surface area (Å²) in [5, 5.41) is 8.56. The largest absolute Gasteiger partial charge is 0.347 e. The average Bonchev–Trinajstić information content (AvgIpc) is 3.36. The van der Waals surface area contributed by atoms with E-state index in [1.807, 2.05) is 76.1 Å². The summed E-state index contributed by atoms with van der Waals surface area (Å²) in [4.78, 5) is 15.0. The van der Waals surface area contributed by atoms with E-state index in [1.165, 1.54) is 6.42 Å². The molecular formula is C21H25N5O. The normalized spacial score (nSPS) is 17.2. The van der Waals surface area contributed by atoms with Gasteiger partial charge in [-0.15, -0.1) is 5.10 Å². The first-order valence-corrected chi connectivity index (χ1v) is 9.60. The molecule has 6 nitrogen and oxygen atoms in total. The first-order chi connectivity index (χ1) is 13.2. The molecule has 3 aromatic rings. The molecule has 2 aromatic heterocycles. The van der Waals surface area contributed by atoms with Gasteiger partial charge in [-0.1, -0.05) is 35.5 Å². The van der Waals surface area contributed by atoms with Crippen molar-refractivity contribution in [1.29, 1.82) is 0 Å². The smallest absolute Gasteiger partial charge is 0.270 e. The molecule has 0 aliphatic carbocycles. The zero-order valence-electron chi connectivity index (χ0n) is 15.7. The summed E-state index contributed by atoms with van der Waals surface area (Å²) < 4.78 is 3.79. The van der Waals surface area contributed by atoms with Crippen molar-refractivity contribution in [3.05, 3.63) is 60.6 Å². The predicted molar refractivity (Wildman–Crippen MR) is 104 cm³/mol. The van der Waals surface area contributed by atoms with Gasteiger partial charge in [0.2, 0.25) is 0 Å². The number of carbonyl (C=O) groups is 1. The summed E-state index contributed by atoms with van der Waals surface area (Å²) >= 11 is 0. The van der Waals surface area contributed by atoms with Crippen LogP contribution in [0.2, 0.25) is 0 Å². The SMILES string of the molecule is Cn1cccc1C(=O)N1CCCCC1CCn1cc(-c2ccccc2)nn1. The molecule has 1 aromatic carbocycles. The molecule has 27 heavy (non-hydrogen) atoms. The molecule has 140 valence electrons. The molecule has 6 heteroatoms. The maximum absolute atomic E-state index is 13.0. The number of rotatable bonds is 5. The lowest BCUT2D eigenvalue weighted by atomic mass is 9.99. The van der Waals surface area contributed by atoms with Gasteiger partial charge in [-0.2, -0.15) is 0 Å². The second-order valence-electron chi connectivity index (χ2n) is 7.17. The summed E-state index contributed by atoms with van der Waals surface area (Å²) in [6.07, 6.45) is 8.11. The highest BCUT2D eigenvalue weighted by Gasteiger charge is 2.28. The topological polar surface area (TPSA) is 56.0 Å². The quantitative estimate of drug-likeness (QED) is 0.698. The van der Waals surface area contributed by atoms with Crippen molar-refractivity contribution >= 4 is 5.91 Å². The Bertz CT molecular complexity index is 898. The van der Waals surface area contributed by atoms with Crippen LogP contribution in [0.5, 0.6) is 0 Å². The van der Waals surface area contributed by atoms with Crippen LogP contribution in [0.25, 0.3) is 11.3 Å². The number of piperidine rings is 1. The highest BCUT2D eigenvalue weighted by atomic mass is 16.2. The molecule has 0 spiro atoms. The van der Waals surface area contributed by atoms with Gasteiger partial charge in [0, 0.05) is 37.9 Å². The summed E-state index contributed by atoms with van der Waals surface area (Å²) in [7, 11) is 1.92. The standard InChI is InChI=1S/C21H25N5O/c1-24-13-7-11-20(24)21(27)26-14-6-5-10-18(26)12-15-25-16-19(22-23-25)17-8-3-2-4-9-17/h2-4,7-9,11,13,16,18H,5-6,10,12,14-15H2,1H3. The number of aryl methyl sites for hydroxylation is 2. The van der Waals surface area contributed by atoms with Crippen molar-refractivity contribution in [2.45, 2.75) is 38.3 Å². The van der Waals surface area contributed by atoms with Crippen LogP contribution >= 0.6 is 0 Å². The van der Waals surface area contributed by atoms with Gasteiger partial charge in [-0.3, -0.25) is 9.48 Å². The molecule has 1 saturated heterocycles. The molecule has 0 bridgehead atoms. The fraction of sp³-hybridized carbons (Fsp3) is 0.381. The Hall–Kier alpha value is -2.89. The zero-order chi connectivity index (χ0) is 18.6. The third-order valence-corrected chi connectivity index (χ3v) is 5.35. The Morgan fingerprint density at radius 1 is 1.15 bits per heavy atom. The van der Waals surface area contributed by atoms with E-state index in [4.69, 9.17) is 0 Å². The summed E-state index contributed by atoms with van der Waals surface area (Å²) in [6.45, 7) is 1.60. The third kappa shape index (κ3) is 3.79. The van der Waals surface area contributed by atoms with Crippen LogP contribution in [0.15, 0.2) is 54.9 Å². The summed E-state index contributed by atoms with van der Waals surface area (Å²) in [5.41, 5.74) is 2.71.